The Morgan fingerprint density at radius 2 is 0.884 bits per heavy atom. The second kappa shape index (κ2) is 10.5. The third kappa shape index (κ3) is 4.55. The fourth-order valence-electron chi connectivity index (χ4n) is 5.64. The lowest BCUT2D eigenvalue weighted by atomic mass is 9.98. The molecule has 0 aliphatic rings. The maximum atomic E-state index is 6.14. The zero-order valence-corrected chi connectivity index (χ0v) is 23.2. The van der Waals surface area contributed by atoms with Crippen molar-refractivity contribution in [3.63, 3.8) is 0 Å². The van der Waals surface area contributed by atoms with E-state index >= 15 is 0 Å². The Morgan fingerprint density at radius 3 is 1.53 bits per heavy atom. The van der Waals surface area contributed by atoms with Gasteiger partial charge in [0.05, 0.1) is 28.5 Å². The van der Waals surface area contributed by atoms with Gasteiger partial charge in [0.15, 0.2) is 0 Å². The van der Waals surface area contributed by atoms with Gasteiger partial charge in [-0.2, -0.15) is 0 Å². The molecule has 202 valence electrons. The molecular formula is C39H25N3O. The standard InChI is InChI=1S/C39H25N3O/c1-3-11-27(12-4-1)36-37(28-13-5-2-6-14-28)42-39(30-22-23-35-32(25-30)31-15-7-8-17-34(31)43-35)38(41-36)29-20-18-26(19-21-29)33-16-9-10-24-40-33/h1-25H. The van der Waals surface area contributed by atoms with Gasteiger partial charge >= 0.3 is 0 Å². The van der Waals surface area contributed by atoms with Crippen LogP contribution in [0, 0.1) is 0 Å². The summed E-state index contributed by atoms with van der Waals surface area (Å²) in [5, 5.41) is 2.14. The van der Waals surface area contributed by atoms with E-state index in [2.05, 4.69) is 71.7 Å². The molecule has 0 fully saturated rings. The van der Waals surface area contributed by atoms with E-state index in [0.717, 1.165) is 78.2 Å². The molecule has 0 radical (unpaired) electrons. The van der Waals surface area contributed by atoms with Crippen LogP contribution in [0.4, 0.5) is 0 Å². The second-order valence-electron chi connectivity index (χ2n) is 10.5. The van der Waals surface area contributed by atoms with E-state index in [4.69, 9.17) is 14.4 Å². The molecule has 0 saturated heterocycles. The molecule has 0 aliphatic heterocycles. The van der Waals surface area contributed by atoms with Gasteiger partial charge in [0.1, 0.15) is 11.2 Å². The summed E-state index contributed by atoms with van der Waals surface area (Å²) in [6, 6.07) is 49.4. The van der Waals surface area contributed by atoms with E-state index in [9.17, 15) is 0 Å². The molecule has 0 bridgehead atoms. The van der Waals surface area contributed by atoms with Crippen molar-refractivity contribution in [2.24, 2.45) is 0 Å². The lowest BCUT2D eigenvalue weighted by Gasteiger charge is -2.16. The molecule has 0 spiro atoms. The van der Waals surface area contributed by atoms with E-state index in [-0.39, 0.29) is 0 Å². The van der Waals surface area contributed by atoms with Crippen LogP contribution in [-0.4, -0.2) is 15.0 Å². The minimum Gasteiger partial charge on any atom is -0.456 e. The molecule has 0 atom stereocenters. The summed E-state index contributed by atoms with van der Waals surface area (Å²) in [5.41, 5.74) is 11.0. The first-order chi connectivity index (χ1) is 21.3. The number of hydrogen-bond acceptors (Lipinski definition) is 4. The molecule has 8 rings (SSSR count). The first-order valence-corrected chi connectivity index (χ1v) is 14.3. The van der Waals surface area contributed by atoms with Crippen molar-refractivity contribution in [3.05, 3.63) is 152 Å². The minimum absolute atomic E-state index is 0.816. The van der Waals surface area contributed by atoms with Crippen LogP contribution in [0.3, 0.4) is 0 Å². The molecule has 5 aromatic carbocycles. The van der Waals surface area contributed by atoms with E-state index in [1.165, 1.54) is 0 Å². The van der Waals surface area contributed by atoms with Crippen molar-refractivity contribution in [1.82, 2.24) is 15.0 Å². The molecule has 0 saturated carbocycles. The summed E-state index contributed by atoms with van der Waals surface area (Å²) in [4.78, 5) is 15.3. The lowest BCUT2D eigenvalue weighted by Crippen LogP contribution is -2.01. The van der Waals surface area contributed by atoms with Gasteiger partial charge < -0.3 is 4.42 Å². The van der Waals surface area contributed by atoms with Gasteiger partial charge in [0, 0.05) is 44.8 Å². The number of furan rings is 1. The zero-order chi connectivity index (χ0) is 28.6. The summed E-state index contributed by atoms with van der Waals surface area (Å²) in [6.45, 7) is 0. The fraction of sp³-hybridized carbons (Fsp3) is 0. The summed E-state index contributed by atoms with van der Waals surface area (Å²) >= 11 is 0. The van der Waals surface area contributed by atoms with Crippen LogP contribution in [0.2, 0.25) is 0 Å². The smallest absolute Gasteiger partial charge is 0.135 e. The van der Waals surface area contributed by atoms with Crippen LogP contribution in [0.25, 0.3) is 78.2 Å². The second-order valence-corrected chi connectivity index (χ2v) is 10.5. The van der Waals surface area contributed by atoms with Crippen molar-refractivity contribution in [2.45, 2.75) is 0 Å². The molecule has 0 N–H and O–H groups in total. The SMILES string of the molecule is c1ccc(-c2nc(-c3ccc(-c4ccccn4)cc3)c(-c3ccc4oc5ccccc5c4c3)nc2-c2ccccc2)cc1. The largest absolute Gasteiger partial charge is 0.456 e. The van der Waals surface area contributed by atoms with Crippen LogP contribution in [0.5, 0.6) is 0 Å². The molecule has 43 heavy (non-hydrogen) atoms. The maximum Gasteiger partial charge on any atom is 0.135 e. The van der Waals surface area contributed by atoms with Gasteiger partial charge in [-0.3, -0.25) is 4.98 Å². The molecule has 0 unspecified atom stereocenters. The number of para-hydroxylation sites is 1. The molecule has 4 heteroatoms. The molecule has 8 aromatic rings. The van der Waals surface area contributed by atoms with E-state index in [0.29, 0.717) is 0 Å². The Bertz CT molecular complexity index is 2210. The van der Waals surface area contributed by atoms with E-state index < -0.39 is 0 Å². The Hall–Kier alpha value is -5.87. The normalized spacial score (nSPS) is 11.3. The van der Waals surface area contributed by atoms with E-state index in [1.807, 2.05) is 85.1 Å². The number of rotatable bonds is 5. The fourth-order valence-corrected chi connectivity index (χ4v) is 5.64. The number of fused-ring (bicyclic) bond motifs is 3. The highest BCUT2D eigenvalue weighted by molar-refractivity contribution is 6.06. The number of benzene rings is 5. The van der Waals surface area contributed by atoms with Crippen molar-refractivity contribution in [2.75, 3.05) is 0 Å². The van der Waals surface area contributed by atoms with Gasteiger partial charge in [0.2, 0.25) is 0 Å². The molecule has 4 nitrogen and oxygen atoms in total. The predicted molar refractivity (Wildman–Crippen MR) is 174 cm³/mol. The quantitative estimate of drug-likeness (QED) is 0.214. The Morgan fingerprint density at radius 1 is 0.372 bits per heavy atom. The summed E-state index contributed by atoms with van der Waals surface area (Å²) in [5.74, 6) is 0. The topological polar surface area (TPSA) is 51.8 Å². The summed E-state index contributed by atoms with van der Waals surface area (Å²) < 4.78 is 6.14. The van der Waals surface area contributed by atoms with Crippen LogP contribution in [0.1, 0.15) is 0 Å². The van der Waals surface area contributed by atoms with Crippen LogP contribution in [-0.2, 0) is 0 Å². The molecule has 0 amide bonds. The highest BCUT2D eigenvalue weighted by atomic mass is 16.3. The Balaban J connectivity index is 1.39. The maximum absolute atomic E-state index is 6.14. The molecular weight excluding hydrogens is 526 g/mol. The first-order valence-electron chi connectivity index (χ1n) is 14.3. The Kier molecular flexibility index (Phi) is 6.08. The van der Waals surface area contributed by atoms with Crippen LogP contribution >= 0.6 is 0 Å². The average Bonchev–Trinajstić information content (AvgIpc) is 3.47. The highest BCUT2D eigenvalue weighted by Gasteiger charge is 2.20. The zero-order valence-electron chi connectivity index (χ0n) is 23.2. The van der Waals surface area contributed by atoms with E-state index in [1.54, 1.807) is 0 Å². The third-order valence-electron chi connectivity index (χ3n) is 7.76. The highest BCUT2D eigenvalue weighted by Crippen LogP contribution is 2.39. The molecule has 3 aromatic heterocycles. The van der Waals surface area contributed by atoms with Crippen LogP contribution < -0.4 is 0 Å². The van der Waals surface area contributed by atoms with Crippen molar-refractivity contribution in [3.8, 4) is 56.3 Å². The number of hydrogen-bond donors (Lipinski definition) is 0. The van der Waals surface area contributed by atoms with Gasteiger partial charge in [-0.05, 0) is 36.4 Å². The van der Waals surface area contributed by atoms with Gasteiger partial charge in [-0.1, -0.05) is 109 Å². The third-order valence-corrected chi connectivity index (χ3v) is 7.76. The molecule has 3 heterocycles. The lowest BCUT2D eigenvalue weighted by molar-refractivity contribution is 0.669. The van der Waals surface area contributed by atoms with Gasteiger partial charge in [-0.15, -0.1) is 0 Å². The van der Waals surface area contributed by atoms with Crippen molar-refractivity contribution in [1.29, 1.82) is 0 Å². The van der Waals surface area contributed by atoms with Gasteiger partial charge in [-0.25, -0.2) is 9.97 Å². The van der Waals surface area contributed by atoms with Crippen molar-refractivity contribution >= 4 is 21.9 Å². The summed E-state index contributed by atoms with van der Waals surface area (Å²) in [7, 11) is 0. The Labute approximate surface area is 249 Å². The monoisotopic (exact) mass is 551 g/mol. The van der Waals surface area contributed by atoms with Crippen LogP contribution in [0.15, 0.2) is 156 Å². The number of aromatic nitrogens is 3. The van der Waals surface area contributed by atoms with Gasteiger partial charge in [0.25, 0.3) is 0 Å². The predicted octanol–water partition coefficient (Wildman–Crippen LogP) is 10.1. The van der Waals surface area contributed by atoms with Crippen molar-refractivity contribution < 1.29 is 4.42 Å². The number of pyridine rings is 1. The molecule has 0 aliphatic carbocycles. The average molecular weight is 552 g/mol. The summed E-state index contributed by atoms with van der Waals surface area (Å²) in [6.07, 6.45) is 1.82. The number of nitrogens with zero attached hydrogens (tertiary/aromatic N) is 3. The minimum atomic E-state index is 0.816. The first kappa shape index (κ1) is 24.9.